The van der Waals surface area contributed by atoms with Crippen molar-refractivity contribution >= 4 is 6.09 Å². The fraction of sp³-hybridized carbons (Fsp3) is 0.500. The summed E-state index contributed by atoms with van der Waals surface area (Å²) in [5, 5.41) is 9.65. The van der Waals surface area contributed by atoms with E-state index in [1.807, 2.05) is 30.3 Å². The Hall–Kier alpha value is -1.55. The first-order chi connectivity index (χ1) is 8.75. The van der Waals surface area contributed by atoms with Crippen LogP contribution in [0.25, 0.3) is 0 Å². The number of benzene rings is 1. The molecule has 1 heterocycles. The molecule has 1 aromatic rings. The molecule has 96 valence electrons. The van der Waals surface area contributed by atoms with E-state index >= 15 is 0 Å². The number of aliphatic hydroxyl groups excluding tert-OH is 1. The molecule has 1 N–H and O–H groups in total. The smallest absolute Gasteiger partial charge is 0.410 e. The van der Waals surface area contributed by atoms with Gasteiger partial charge in [0.25, 0.3) is 0 Å². The molecule has 1 aliphatic carbocycles. The number of aliphatic hydroxyl groups is 1. The minimum absolute atomic E-state index is 0.206. The van der Waals surface area contributed by atoms with E-state index in [-0.39, 0.29) is 24.2 Å². The molecular weight excluding hydrogens is 230 g/mol. The second-order valence-corrected chi connectivity index (χ2v) is 5.06. The maximum atomic E-state index is 11.9. The number of ether oxygens (including phenoxy) is 1. The molecule has 0 spiro atoms. The van der Waals surface area contributed by atoms with Crippen LogP contribution in [0.4, 0.5) is 4.79 Å². The number of rotatable bonds is 2. The first-order valence-electron chi connectivity index (χ1n) is 6.41. The number of fused-ring (bicyclic) bond motifs is 1. The molecule has 2 fully saturated rings. The van der Waals surface area contributed by atoms with Crippen LogP contribution in [0.15, 0.2) is 30.3 Å². The number of carbonyl (C=O) groups is 1. The molecule has 4 nitrogen and oxygen atoms in total. The van der Waals surface area contributed by atoms with Crippen LogP contribution in [0.5, 0.6) is 0 Å². The van der Waals surface area contributed by atoms with Crippen LogP contribution >= 0.6 is 0 Å². The summed E-state index contributed by atoms with van der Waals surface area (Å²) in [7, 11) is 0. The van der Waals surface area contributed by atoms with Gasteiger partial charge >= 0.3 is 6.09 Å². The van der Waals surface area contributed by atoms with Crippen LogP contribution in [0.1, 0.15) is 18.4 Å². The molecule has 4 heteroatoms. The van der Waals surface area contributed by atoms with Gasteiger partial charge in [-0.25, -0.2) is 4.79 Å². The Labute approximate surface area is 106 Å². The van der Waals surface area contributed by atoms with Gasteiger partial charge in [-0.2, -0.15) is 0 Å². The second kappa shape index (κ2) is 4.61. The van der Waals surface area contributed by atoms with Crippen molar-refractivity contribution in [2.24, 2.45) is 5.92 Å². The standard InChI is InChI=1S/C14H17NO3/c16-13-6-7-15(12-8-11(12)13)14(17)18-9-10-4-2-1-3-5-10/h1-5,11-13,16H,6-9H2/t11-,12+,13+/m1/s1. The van der Waals surface area contributed by atoms with E-state index in [9.17, 15) is 9.90 Å². The van der Waals surface area contributed by atoms with E-state index in [2.05, 4.69) is 0 Å². The summed E-state index contributed by atoms with van der Waals surface area (Å²) in [5.41, 5.74) is 0.996. The summed E-state index contributed by atoms with van der Waals surface area (Å²) in [5.74, 6) is 0.281. The molecule has 18 heavy (non-hydrogen) atoms. The van der Waals surface area contributed by atoms with Crippen molar-refractivity contribution in [2.45, 2.75) is 31.6 Å². The van der Waals surface area contributed by atoms with Crippen molar-refractivity contribution in [3.05, 3.63) is 35.9 Å². The van der Waals surface area contributed by atoms with Crippen molar-refractivity contribution in [1.82, 2.24) is 4.90 Å². The lowest BCUT2D eigenvalue weighted by atomic mass is 10.1. The molecule has 0 bridgehead atoms. The number of hydrogen-bond acceptors (Lipinski definition) is 3. The zero-order chi connectivity index (χ0) is 12.5. The van der Waals surface area contributed by atoms with Gasteiger partial charge in [-0.05, 0) is 18.4 Å². The summed E-state index contributed by atoms with van der Waals surface area (Å²) < 4.78 is 5.31. The third kappa shape index (κ3) is 2.20. The quantitative estimate of drug-likeness (QED) is 0.866. The highest BCUT2D eigenvalue weighted by atomic mass is 16.6. The van der Waals surface area contributed by atoms with Crippen LogP contribution in [0, 0.1) is 5.92 Å². The van der Waals surface area contributed by atoms with Crippen LogP contribution in [-0.2, 0) is 11.3 Å². The predicted molar refractivity (Wildman–Crippen MR) is 65.9 cm³/mol. The number of hydrogen-bond donors (Lipinski definition) is 1. The average molecular weight is 247 g/mol. The Morgan fingerprint density at radius 2 is 2.17 bits per heavy atom. The lowest BCUT2D eigenvalue weighted by Crippen LogP contribution is -2.41. The maximum Gasteiger partial charge on any atom is 0.410 e. The monoisotopic (exact) mass is 247 g/mol. The molecule has 3 atom stereocenters. The third-order valence-corrected chi connectivity index (χ3v) is 3.80. The number of amides is 1. The molecule has 1 aromatic carbocycles. The highest BCUT2D eigenvalue weighted by Gasteiger charge is 2.51. The Kier molecular flexibility index (Phi) is 2.96. The van der Waals surface area contributed by atoms with Crippen LogP contribution in [0.2, 0.25) is 0 Å². The molecule has 2 aliphatic rings. The first-order valence-corrected chi connectivity index (χ1v) is 6.41. The van der Waals surface area contributed by atoms with Crippen LogP contribution < -0.4 is 0 Å². The molecule has 3 rings (SSSR count). The normalized spacial score (nSPS) is 29.6. The van der Waals surface area contributed by atoms with Gasteiger partial charge in [0.05, 0.1) is 6.10 Å². The van der Waals surface area contributed by atoms with Gasteiger partial charge in [0.2, 0.25) is 0 Å². The predicted octanol–water partition coefficient (Wildman–Crippen LogP) is 1.78. The number of likely N-dealkylation sites (tertiary alicyclic amines) is 1. The highest BCUT2D eigenvalue weighted by molar-refractivity contribution is 5.69. The highest BCUT2D eigenvalue weighted by Crippen LogP contribution is 2.43. The summed E-state index contributed by atoms with van der Waals surface area (Å²) in [6.45, 7) is 0.923. The summed E-state index contributed by atoms with van der Waals surface area (Å²) in [6.07, 6.45) is 1.11. The maximum absolute atomic E-state index is 11.9. The molecule has 1 amide bonds. The van der Waals surface area contributed by atoms with Gasteiger partial charge in [0.1, 0.15) is 6.61 Å². The van der Waals surface area contributed by atoms with Gasteiger partial charge in [-0.3, -0.25) is 0 Å². The lowest BCUT2D eigenvalue weighted by Gasteiger charge is -2.28. The van der Waals surface area contributed by atoms with Gasteiger partial charge < -0.3 is 14.7 Å². The SMILES string of the molecule is O=C(OCc1ccccc1)N1CC[C@H](O)[C@@H]2C[C@@H]21. The van der Waals surface area contributed by atoms with Crippen molar-refractivity contribution < 1.29 is 14.6 Å². The number of piperidine rings is 1. The van der Waals surface area contributed by atoms with Gasteiger partial charge in [-0.15, -0.1) is 0 Å². The van der Waals surface area contributed by atoms with Crippen LogP contribution in [-0.4, -0.2) is 34.8 Å². The second-order valence-electron chi connectivity index (χ2n) is 5.06. The molecule has 1 saturated heterocycles. The van der Waals surface area contributed by atoms with Crippen molar-refractivity contribution in [3.8, 4) is 0 Å². The minimum atomic E-state index is -0.252. The topological polar surface area (TPSA) is 49.8 Å². The molecule has 0 radical (unpaired) electrons. The van der Waals surface area contributed by atoms with Crippen molar-refractivity contribution in [3.63, 3.8) is 0 Å². The van der Waals surface area contributed by atoms with Crippen LogP contribution in [0.3, 0.4) is 0 Å². The molecule has 1 saturated carbocycles. The van der Waals surface area contributed by atoms with E-state index in [0.717, 1.165) is 12.0 Å². The fourth-order valence-electron chi connectivity index (χ4n) is 2.65. The average Bonchev–Trinajstić information content (AvgIpc) is 3.19. The zero-order valence-corrected chi connectivity index (χ0v) is 10.2. The number of nitrogens with zero attached hydrogens (tertiary/aromatic N) is 1. The Morgan fingerprint density at radius 1 is 1.39 bits per heavy atom. The van der Waals surface area contributed by atoms with Gasteiger partial charge in [0, 0.05) is 18.5 Å². The van der Waals surface area contributed by atoms with E-state index < -0.39 is 0 Å². The van der Waals surface area contributed by atoms with E-state index in [1.165, 1.54) is 0 Å². The van der Waals surface area contributed by atoms with Gasteiger partial charge in [-0.1, -0.05) is 30.3 Å². The largest absolute Gasteiger partial charge is 0.445 e. The summed E-state index contributed by atoms with van der Waals surface area (Å²) in [6, 6.07) is 9.87. The van der Waals surface area contributed by atoms with E-state index in [1.54, 1.807) is 4.90 Å². The first kappa shape index (κ1) is 11.5. The minimum Gasteiger partial charge on any atom is -0.445 e. The zero-order valence-electron chi connectivity index (χ0n) is 10.2. The fourth-order valence-corrected chi connectivity index (χ4v) is 2.65. The summed E-state index contributed by atoms with van der Waals surface area (Å²) in [4.78, 5) is 13.7. The lowest BCUT2D eigenvalue weighted by molar-refractivity contribution is 0.0517. The third-order valence-electron chi connectivity index (χ3n) is 3.80. The molecule has 0 unspecified atom stereocenters. The Morgan fingerprint density at radius 3 is 2.94 bits per heavy atom. The van der Waals surface area contributed by atoms with Crippen molar-refractivity contribution in [2.75, 3.05) is 6.54 Å². The van der Waals surface area contributed by atoms with Gasteiger partial charge in [0.15, 0.2) is 0 Å². The molecule has 0 aromatic heterocycles. The molecule has 1 aliphatic heterocycles. The Bertz CT molecular complexity index is 434. The van der Waals surface area contributed by atoms with E-state index in [0.29, 0.717) is 19.6 Å². The van der Waals surface area contributed by atoms with Crippen molar-refractivity contribution in [1.29, 1.82) is 0 Å². The number of carbonyl (C=O) groups excluding carboxylic acids is 1. The Balaban J connectivity index is 1.53. The molecular formula is C14H17NO3. The summed E-state index contributed by atoms with van der Waals surface area (Å²) >= 11 is 0. The van der Waals surface area contributed by atoms with E-state index in [4.69, 9.17) is 4.74 Å².